The Kier molecular flexibility index (Phi) is 8.84. The Labute approximate surface area is 218 Å². The first kappa shape index (κ1) is 25.6. The van der Waals surface area contributed by atoms with Gasteiger partial charge in [-0.3, -0.25) is 0 Å². The highest BCUT2D eigenvalue weighted by molar-refractivity contribution is 5.65. The molecule has 0 saturated carbocycles. The Bertz CT molecular complexity index is 1230. The molecule has 0 fully saturated rings. The zero-order chi connectivity index (χ0) is 25.3. The van der Waals surface area contributed by atoms with Crippen LogP contribution in [0.1, 0.15) is 48.1 Å². The highest BCUT2D eigenvalue weighted by Crippen LogP contribution is 2.29. The van der Waals surface area contributed by atoms with E-state index in [0.717, 1.165) is 32.4 Å². The Morgan fingerprint density at radius 2 is 1.25 bits per heavy atom. The SMILES string of the molecule is CCc1cc(N(C)c2ccc(C)c(CN(CC)c3ccccc3)c2)ccc1CCCc1ccccc1. The molecule has 0 bridgehead atoms. The summed E-state index contributed by atoms with van der Waals surface area (Å²) in [4.78, 5) is 4.76. The summed E-state index contributed by atoms with van der Waals surface area (Å²) >= 11 is 0. The van der Waals surface area contributed by atoms with Gasteiger partial charge in [-0.25, -0.2) is 0 Å². The van der Waals surface area contributed by atoms with Crippen LogP contribution in [0.3, 0.4) is 0 Å². The fourth-order valence-corrected chi connectivity index (χ4v) is 4.94. The quantitative estimate of drug-likeness (QED) is 0.214. The number of anilines is 3. The summed E-state index contributed by atoms with van der Waals surface area (Å²) in [5, 5.41) is 0. The van der Waals surface area contributed by atoms with E-state index in [4.69, 9.17) is 0 Å². The topological polar surface area (TPSA) is 6.48 Å². The van der Waals surface area contributed by atoms with Crippen LogP contribution < -0.4 is 9.80 Å². The molecule has 0 saturated heterocycles. The van der Waals surface area contributed by atoms with Crippen molar-refractivity contribution >= 4 is 17.1 Å². The van der Waals surface area contributed by atoms with Crippen molar-refractivity contribution in [1.82, 2.24) is 0 Å². The first-order valence-electron chi connectivity index (χ1n) is 13.4. The van der Waals surface area contributed by atoms with Crippen molar-refractivity contribution in [3.63, 3.8) is 0 Å². The molecule has 0 atom stereocenters. The van der Waals surface area contributed by atoms with E-state index in [1.54, 1.807) is 0 Å². The minimum atomic E-state index is 0.911. The molecule has 4 aromatic carbocycles. The van der Waals surface area contributed by atoms with Crippen LogP contribution in [-0.4, -0.2) is 13.6 Å². The molecule has 4 aromatic rings. The summed E-state index contributed by atoms with van der Waals surface area (Å²) in [6, 6.07) is 35.4. The van der Waals surface area contributed by atoms with E-state index < -0.39 is 0 Å². The van der Waals surface area contributed by atoms with Gasteiger partial charge in [0.2, 0.25) is 0 Å². The minimum absolute atomic E-state index is 0.911. The van der Waals surface area contributed by atoms with Gasteiger partial charge in [-0.2, -0.15) is 0 Å². The lowest BCUT2D eigenvalue weighted by molar-refractivity contribution is 0.811. The zero-order valence-electron chi connectivity index (χ0n) is 22.4. The zero-order valence-corrected chi connectivity index (χ0v) is 22.4. The van der Waals surface area contributed by atoms with E-state index >= 15 is 0 Å². The fraction of sp³-hybridized carbons (Fsp3) is 0.294. The normalized spacial score (nSPS) is 10.9. The van der Waals surface area contributed by atoms with Crippen LogP contribution in [0.15, 0.2) is 97.1 Å². The number of rotatable bonds is 11. The monoisotopic (exact) mass is 476 g/mol. The van der Waals surface area contributed by atoms with E-state index in [0.29, 0.717) is 0 Å². The number of hydrogen-bond acceptors (Lipinski definition) is 2. The first-order chi connectivity index (χ1) is 17.6. The third-order valence-electron chi connectivity index (χ3n) is 7.30. The van der Waals surface area contributed by atoms with E-state index in [9.17, 15) is 0 Å². The van der Waals surface area contributed by atoms with E-state index in [2.05, 4.69) is 135 Å². The summed E-state index contributed by atoms with van der Waals surface area (Å²) in [6.45, 7) is 8.61. The van der Waals surface area contributed by atoms with Crippen molar-refractivity contribution < 1.29 is 0 Å². The Hall–Kier alpha value is -3.52. The van der Waals surface area contributed by atoms with Gasteiger partial charge in [-0.15, -0.1) is 0 Å². The lowest BCUT2D eigenvalue weighted by Crippen LogP contribution is -2.22. The second-order valence-corrected chi connectivity index (χ2v) is 9.67. The molecular formula is C34H40N2. The highest BCUT2D eigenvalue weighted by Gasteiger charge is 2.12. The summed E-state index contributed by atoms with van der Waals surface area (Å²) in [5.74, 6) is 0. The van der Waals surface area contributed by atoms with Crippen molar-refractivity contribution in [2.24, 2.45) is 0 Å². The number of benzene rings is 4. The smallest absolute Gasteiger partial charge is 0.0432 e. The van der Waals surface area contributed by atoms with Crippen LogP contribution in [0.4, 0.5) is 17.1 Å². The second-order valence-electron chi connectivity index (χ2n) is 9.67. The second kappa shape index (κ2) is 12.4. The average Bonchev–Trinajstić information content (AvgIpc) is 2.93. The van der Waals surface area contributed by atoms with Crippen LogP contribution >= 0.6 is 0 Å². The summed E-state index contributed by atoms with van der Waals surface area (Å²) < 4.78 is 0. The van der Waals surface area contributed by atoms with Gasteiger partial charge in [0, 0.05) is 37.2 Å². The molecule has 0 unspecified atom stereocenters. The summed E-state index contributed by atoms with van der Waals surface area (Å²) in [5.41, 5.74) is 10.8. The molecule has 186 valence electrons. The van der Waals surface area contributed by atoms with E-state index in [1.807, 2.05) is 0 Å². The van der Waals surface area contributed by atoms with Gasteiger partial charge in [0.05, 0.1) is 0 Å². The maximum atomic E-state index is 2.44. The molecule has 0 aliphatic heterocycles. The van der Waals surface area contributed by atoms with E-state index in [-0.39, 0.29) is 0 Å². The van der Waals surface area contributed by atoms with Crippen molar-refractivity contribution in [2.75, 3.05) is 23.4 Å². The van der Waals surface area contributed by atoms with Crippen molar-refractivity contribution in [3.8, 4) is 0 Å². The minimum Gasteiger partial charge on any atom is -0.367 e. The number of hydrogen-bond donors (Lipinski definition) is 0. The van der Waals surface area contributed by atoms with Gasteiger partial charge < -0.3 is 9.80 Å². The lowest BCUT2D eigenvalue weighted by Gasteiger charge is -2.26. The average molecular weight is 477 g/mol. The van der Waals surface area contributed by atoms with Crippen LogP contribution in [0.5, 0.6) is 0 Å². The third-order valence-corrected chi connectivity index (χ3v) is 7.30. The number of nitrogens with zero attached hydrogens (tertiary/aromatic N) is 2. The molecule has 0 heterocycles. The molecule has 0 aromatic heterocycles. The molecule has 0 N–H and O–H groups in total. The molecule has 0 amide bonds. The molecule has 4 rings (SSSR count). The Morgan fingerprint density at radius 3 is 1.92 bits per heavy atom. The molecule has 0 aliphatic rings. The lowest BCUT2D eigenvalue weighted by atomic mass is 9.97. The Balaban J connectivity index is 1.48. The van der Waals surface area contributed by atoms with Gasteiger partial charge >= 0.3 is 0 Å². The van der Waals surface area contributed by atoms with Gasteiger partial charge in [0.25, 0.3) is 0 Å². The molecular weight excluding hydrogens is 436 g/mol. The number of aryl methyl sites for hydroxylation is 4. The molecule has 0 spiro atoms. The molecule has 2 heteroatoms. The predicted octanol–water partition coefficient (Wildman–Crippen LogP) is 8.53. The van der Waals surface area contributed by atoms with Crippen LogP contribution in [0, 0.1) is 6.92 Å². The maximum absolute atomic E-state index is 2.44. The van der Waals surface area contributed by atoms with Crippen molar-refractivity contribution in [1.29, 1.82) is 0 Å². The van der Waals surface area contributed by atoms with Gasteiger partial charge in [0.1, 0.15) is 0 Å². The molecule has 0 radical (unpaired) electrons. The van der Waals surface area contributed by atoms with Crippen molar-refractivity contribution in [3.05, 3.63) is 125 Å². The van der Waals surface area contributed by atoms with Gasteiger partial charge in [0.15, 0.2) is 0 Å². The largest absolute Gasteiger partial charge is 0.367 e. The predicted molar refractivity (Wildman–Crippen MR) is 157 cm³/mol. The summed E-state index contributed by atoms with van der Waals surface area (Å²) in [7, 11) is 2.19. The molecule has 0 aliphatic carbocycles. The van der Waals surface area contributed by atoms with Crippen LogP contribution in [0.2, 0.25) is 0 Å². The Morgan fingerprint density at radius 1 is 0.611 bits per heavy atom. The summed E-state index contributed by atoms with van der Waals surface area (Å²) in [6.07, 6.45) is 4.51. The molecule has 36 heavy (non-hydrogen) atoms. The van der Waals surface area contributed by atoms with Crippen molar-refractivity contribution in [2.45, 2.75) is 53.0 Å². The van der Waals surface area contributed by atoms with Gasteiger partial charge in [-0.05, 0) is 104 Å². The van der Waals surface area contributed by atoms with Crippen LogP contribution in [-0.2, 0) is 25.8 Å². The number of para-hydroxylation sites is 1. The van der Waals surface area contributed by atoms with Gasteiger partial charge in [-0.1, -0.05) is 67.6 Å². The standard InChI is InChI=1S/C34H40N2/c1-5-29-24-34(23-21-30(29)17-13-16-28-14-9-7-10-15-28)35(4)33-22-20-27(3)31(25-33)26-36(6-2)32-18-11-8-12-19-32/h7-12,14-15,18-25H,5-6,13,16-17,26H2,1-4H3. The molecule has 2 nitrogen and oxygen atoms in total. The third kappa shape index (κ3) is 6.37. The first-order valence-corrected chi connectivity index (χ1v) is 13.4. The van der Waals surface area contributed by atoms with Crippen LogP contribution in [0.25, 0.3) is 0 Å². The van der Waals surface area contributed by atoms with E-state index in [1.165, 1.54) is 51.3 Å². The fourth-order valence-electron chi connectivity index (χ4n) is 4.94. The highest BCUT2D eigenvalue weighted by atomic mass is 15.1. The maximum Gasteiger partial charge on any atom is 0.0432 e.